The summed E-state index contributed by atoms with van der Waals surface area (Å²) in [4.78, 5) is 0.250. The van der Waals surface area contributed by atoms with Crippen molar-refractivity contribution in [2.24, 2.45) is 0 Å². The van der Waals surface area contributed by atoms with Crippen molar-refractivity contribution in [3.63, 3.8) is 0 Å². The van der Waals surface area contributed by atoms with Gasteiger partial charge in [-0.3, -0.25) is 4.31 Å². The first-order valence-corrected chi connectivity index (χ1v) is 10.2. The van der Waals surface area contributed by atoms with E-state index in [9.17, 15) is 8.42 Å². The van der Waals surface area contributed by atoms with E-state index in [0.29, 0.717) is 12.4 Å². The highest BCUT2D eigenvalue weighted by molar-refractivity contribution is 9.10. The third-order valence-electron chi connectivity index (χ3n) is 4.07. The molecule has 1 aliphatic heterocycles. The molecule has 24 heavy (non-hydrogen) atoms. The lowest BCUT2D eigenvalue weighted by Crippen LogP contribution is -2.35. The van der Waals surface area contributed by atoms with Crippen molar-refractivity contribution < 1.29 is 13.2 Å². The number of sulfonamides is 1. The second-order valence-electron chi connectivity index (χ2n) is 5.92. The van der Waals surface area contributed by atoms with E-state index in [1.54, 1.807) is 18.2 Å². The second kappa shape index (κ2) is 6.76. The van der Waals surface area contributed by atoms with Crippen molar-refractivity contribution in [3.05, 3.63) is 52.5 Å². The van der Waals surface area contributed by atoms with E-state index >= 15 is 0 Å². The van der Waals surface area contributed by atoms with Gasteiger partial charge in [0.2, 0.25) is 0 Å². The zero-order valence-corrected chi connectivity index (χ0v) is 16.1. The summed E-state index contributed by atoms with van der Waals surface area (Å²) in [6.07, 6.45) is 1.59. The molecule has 0 radical (unpaired) electrons. The topological polar surface area (TPSA) is 46.6 Å². The van der Waals surface area contributed by atoms with E-state index in [1.165, 1.54) is 4.31 Å². The van der Waals surface area contributed by atoms with Gasteiger partial charge in [0, 0.05) is 12.1 Å². The monoisotopic (exact) mass is 409 g/mol. The third-order valence-corrected chi connectivity index (χ3v) is 6.65. The summed E-state index contributed by atoms with van der Waals surface area (Å²) in [7, 11) is -3.63. The first kappa shape index (κ1) is 17.3. The van der Waals surface area contributed by atoms with Gasteiger partial charge in [-0.15, -0.1) is 0 Å². The number of fused-ring (bicyclic) bond motifs is 1. The van der Waals surface area contributed by atoms with Gasteiger partial charge in [0.05, 0.1) is 21.7 Å². The molecule has 128 valence electrons. The van der Waals surface area contributed by atoms with Crippen LogP contribution >= 0.6 is 15.9 Å². The number of benzene rings is 2. The molecule has 0 aromatic heterocycles. The van der Waals surface area contributed by atoms with Crippen LogP contribution < -0.4 is 9.04 Å². The number of rotatable bonds is 5. The maximum atomic E-state index is 13.2. The Labute approximate surface area is 151 Å². The summed E-state index contributed by atoms with van der Waals surface area (Å²) in [5, 5.41) is 0. The Bertz CT molecular complexity index is 851. The number of anilines is 1. The van der Waals surface area contributed by atoms with Crippen LogP contribution in [0.1, 0.15) is 25.8 Å². The van der Waals surface area contributed by atoms with Crippen LogP contribution in [0.5, 0.6) is 5.75 Å². The van der Waals surface area contributed by atoms with Crippen molar-refractivity contribution in [1.29, 1.82) is 0 Å². The minimum Gasteiger partial charge on any atom is -0.492 e. The van der Waals surface area contributed by atoms with Crippen molar-refractivity contribution in [2.45, 2.75) is 37.6 Å². The molecule has 2 aromatic rings. The van der Waals surface area contributed by atoms with Crippen molar-refractivity contribution in [1.82, 2.24) is 0 Å². The molecule has 0 saturated carbocycles. The molecule has 1 heterocycles. The average Bonchev–Trinajstić information content (AvgIpc) is 2.90. The Hall–Kier alpha value is -1.53. The molecule has 2 aromatic carbocycles. The highest BCUT2D eigenvalue weighted by Gasteiger charge is 2.36. The molecule has 0 unspecified atom stereocenters. The highest BCUT2D eigenvalue weighted by Crippen LogP contribution is 2.38. The lowest BCUT2D eigenvalue weighted by Gasteiger charge is -2.24. The number of hydrogen-bond acceptors (Lipinski definition) is 3. The van der Waals surface area contributed by atoms with Gasteiger partial charge in [-0.1, -0.05) is 25.1 Å². The first-order valence-electron chi connectivity index (χ1n) is 8.00. The van der Waals surface area contributed by atoms with Crippen LogP contribution in [0.2, 0.25) is 0 Å². The van der Waals surface area contributed by atoms with Gasteiger partial charge in [-0.25, -0.2) is 8.42 Å². The number of halogens is 1. The van der Waals surface area contributed by atoms with E-state index < -0.39 is 10.0 Å². The van der Waals surface area contributed by atoms with Crippen LogP contribution in [0.4, 0.5) is 5.69 Å². The third kappa shape index (κ3) is 3.05. The molecule has 0 fully saturated rings. The zero-order valence-electron chi connectivity index (χ0n) is 13.7. The van der Waals surface area contributed by atoms with E-state index in [4.69, 9.17) is 4.74 Å². The predicted molar refractivity (Wildman–Crippen MR) is 99.2 cm³/mol. The molecule has 6 heteroatoms. The molecule has 0 spiro atoms. The molecule has 3 rings (SSSR count). The Kier molecular flexibility index (Phi) is 4.88. The lowest BCUT2D eigenvalue weighted by molar-refractivity contribution is 0.314. The summed E-state index contributed by atoms with van der Waals surface area (Å²) in [6.45, 7) is 4.49. The van der Waals surface area contributed by atoms with Crippen LogP contribution in [0.25, 0.3) is 0 Å². The van der Waals surface area contributed by atoms with Gasteiger partial charge in [-0.2, -0.15) is 0 Å². The van der Waals surface area contributed by atoms with Crippen LogP contribution in [-0.2, 0) is 16.4 Å². The summed E-state index contributed by atoms with van der Waals surface area (Å²) >= 11 is 3.42. The summed E-state index contributed by atoms with van der Waals surface area (Å²) in [5.41, 5.74) is 1.83. The number of hydrogen-bond donors (Lipinski definition) is 0. The van der Waals surface area contributed by atoms with Crippen LogP contribution in [0, 0.1) is 0 Å². The van der Waals surface area contributed by atoms with Crippen molar-refractivity contribution >= 4 is 31.6 Å². The molecular weight excluding hydrogens is 390 g/mol. The molecular formula is C18H20BrNO3S. The van der Waals surface area contributed by atoms with E-state index in [-0.39, 0.29) is 10.9 Å². The fraction of sp³-hybridized carbons (Fsp3) is 0.333. The zero-order chi connectivity index (χ0) is 17.3. The molecule has 0 saturated heterocycles. The van der Waals surface area contributed by atoms with Crippen LogP contribution in [0.3, 0.4) is 0 Å². The fourth-order valence-corrected chi connectivity index (χ4v) is 5.05. The Morgan fingerprint density at radius 3 is 2.75 bits per heavy atom. The number of para-hydroxylation sites is 1. The molecule has 0 N–H and O–H groups in total. The molecule has 0 aliphatic carbocycles. The van der Waals surface area contributed by atoms with Gasteiger partial charge in [0.1, 0.15) is 5.75 Å². The Morgan fingerprint density at radius 1 is 1.25 bits per heavy atom. The quantitative estimate of drug-likeness (QED) is 0.735. The maximum Gasteiger partial charge on any atom is 0.264 e. The predicted octanol–water partition coefficient (Wildman–Crippen LogP) is 4.38. The normalized spacial score (nSPS) is 17.0. The Morgan fingerprint density at radius 2 is 2.00 bits per heavy atom. The lowest BCUT2D eigenvalue weighted by atomic mass is 10.1. The number of ether oxygens (including phenoxy) is 1. The summed E-state index contributed by atoms with van der Waals surface area (Å²) < 4.78 is 34.3. The van der Waals surface area contributed by atoms with E-state index in [1.807, 2.05) is 38.1 Å². The minimum atomic E-state index is -3.63. The molecule has 4 nitrogen and oxygen atoms in total. The maximum absolute atomic E-state index is 13.2. The van der Waals surface area contributed by atoms with Gasteiger partial charge in [-0.05, 0) is 59.5 Å². The van der Waals surface area contributed by atoms with E-state index in [0.717, 1.165) is 28.6 Å². The molecule has 1 atom stereocenters. The van der Waals surface area contributed by atoms with Gasteiger partial charge >= 0.3 is 0 Å². The standard InChI is InChI=1S/C18H20BrNO3S/c1-3-10-23-18-12-15(8-9-16(18)19)24(21,22)20-13(2)11-14-6-4-5-7-17(14)20/h4-9,12-13H,3,10-11H2,1-2H3/t13-/m0/s1. The highest BCUT2D eigenvalue weighted by atomic mass is 79.9. The molecule has 1 aliphatic rings. The summed E-state index contributed by atoms with van der Waals surface area (Å²) in [5.74, 6) is 0.554. The van der Waals surface area contributed by atoms with Crippen LogP contribution in [0.15, 0.2) is 51.8 Å². The summed E-state index contributed by atoms with van der Waals surface area (Å²) in [6, 6.07) is 12.5. The van der Waals surface area contributed by atoms with Crippen LogP contribution in [-0.4, -0.2) is 21.1 Å². The van der Waals surface area contributed by atoms with Gasteiger partial charge in [0.15, 0.2) is 0 Å². The van der Waals surface area contributed by atoms with E-state index in [2.05, 4.69) is 15.9 Å². The van der Waals surface area contributed by atoms with Gasteiger partial charge in [0.25, 0.3) is 10.0 Å². The average molecular weight is 410 g/mol. The van der Waals surface area contributed by atoms with Gasteiger partial charge < -0.3 is 4.74 Å². The first-order chi connectivity index (χ1) is 11.4. The molecule has 0 bridgehead atoms. The van der Waals surface area contributed by atoms with Crippen molar-refractivity contribution in [3.8, 4) is 5.75 Å². The van der Waals surface area contributed by atoms with Crippen molar-refractivity contribution in [2.75, 3.05) is 10.9 Å². The number of nitrogens with zero attached hydrogens (tertiary/aromatic N) is 1. The smallest absolute Gasteiger partial charge is 0.264 e. The Balaban J connectivity index is 2.02. The minimum absolute atomic E-state index is 0.101. The largest absolute Gasteiger partial charge is 0.492 e. The molecule has 0 amide bonds. The SMILES string of the molecule is CCCOc1cc(S(=O)(=O)N2c3ccccc3C[C@@H]2C)ccc1Br. The second-order valence-corrected chi connectivity index (χ2v) is 8.59. The fourth-order valence-electron chi connectivity index (χ4n) is 2.98.